The van der Waals surface area contributed by atoms with E-state index in [9.17, 15) is 9.59 Å². The molecule has 2 aromatic rings. The number of hydrogen-bond acceptors (Lipinski definition) is 3. The lowest BCUT2D eigenvalue weighted by atomic mass is 10.1. The smallest absolute Gasteiger partial charge is 0.253 e. The van der Waals surface area contributed by atoms with Gasteiger partial charge in [-0.25, -0.2) is 4.98 Å². The summed E-state index contributed by atoms with van der Waals surface area (Å²) in [4.78, 5) is 27.9. The summed E-state index contributed by atoms with van der Waals surface area (Å²) in [6.07, 6.45) is 0.136. The highest BCUT2D eigenvalue weighted by Crippen LogP contribution is 2.04. The number of benzene rings is 1. The standard InChI is InChI=1S/C14H14N2O2/c1-10-8-14(18)16(2)13(15-10)9-12(17)11-6-4-3-5-7-11/h3-8H,9H2,1-2H3. The van der Waals surface area contributed by atoms with Gasteiger partial charge in [-0.2, -0.15) is 0 Å². The van der Waals surface area contributed by atoms with Crippen LogP contribution in [0.5, 0.6) is 0 Å². The number of Topliss-reactive ketones (excluding diaryl/α,β-unsaturated/α-hetero) is 1. The van der Waals surface area contributed by atoms with Crippen molar-refractivity contribution >= 4 is 5.78 Å². The largest absolute Gasteiger partial charge is 0.299 e. The normalized spacial score (nSPS) is 10.3. The van der Waals surface area contributed by atoms with Crippen LogP contribution in [0.2, 0.25) is 0 Å². The lowest BCUT2D eigenvalue weighted by Crippen LogP contribution is -2.23. The van der Waals surface area contributed by atoms with Crippen LogP contribution in [-0.4, -0.2) is 15.3 Å². The maximum Gasteiger partial charge on any atom is 0.253 e. The summed E-state index contributed by atoms with van der Waals surface area (Å²) < 4.78 is 1.41. The molecule has 18 heavy (non-hydrogen) atoms. The predicted molar refractivity (Wildman–Crippen MR) is 68.7 cm³/mol. The molecule has 0 atom stereocenters. The number of hydrogen-bond donors (Lipinski definition) is 0. The van der Waals surface area contributed by atoms with Crippen LogP contribution in [-0.2, 0) is 13.5 Å². The quantitative estimate of drug-likeness (QED) is 0.767. The molecule has 92 valence electrons. The molecule has 0 radical (unpaired) electrons. The molecule has 0 aliphatic rings. The van der Waals surface area contributed by atoms with Crippen LogP contribution in [0.3, 0.4) is 0 Å². The Labute approximate surface area is 105 Å². The van der Waals surface area contributed by atoms with E-state index in [1.165, 1.54) is 10.6 Å². The number of ketones is 1. The molecule has 2 rings (SSSR count). The Balaban J connectivity index is 2.30. The molecule has 0 bridgehead atoms. The highest BCUT2D eigenvalue weighted by atomic mass is 16.1. The van der Waals surface area contributed by atoms with Gasteiger partial charge in [0, 0.05) is 24.4 Å². The van der Waals surface area contributed by atoms with Gasteiger partial charge in [-0.3, -0.25) is 14.2 Å². The molecule has 0 spiro atoms. The lowest BCUT2D eigenvalue weighted by Gasteiger charge is -2.07. The van der Waals surface area contributed by atoms with Crippen molar-refractivity contribution in [3.63, 3.8) is 0 Å². The number of nitrogens with zero attached hydrogens (tertiary/aromatic N) is 2. The first-order chi connectivity index (χ1) is 8.58. The Morgan fingerprint density at radius 2 is 1.94 bits per heavy atom. The Hall–Kier alpha value is -2.23. The summed E-state index contributed by atoms with van der Waals surface area (Å²) in [5.41, 5.74) is 1.13. The minimum atomic E-state index is -0.140. The van der Waals surface area contributed by atoms with Gasteiger partial charge in [0.25, 0.3) is 5.56 Å². The van der Waals surface area contributed by atoms with Gasteiger partial charge in [0.2, 0.25) is 0 Å². The van der Waals surface area contributed by atoms with Gasteiger partial charge in [-0.15, -0.1) is 0 Å². The summed E-state index contributed by atoms with van der Waals surface area (Å²) in [5, 5.41) is 0. The fourth-order valence-electron chi connectivity index (χ4n) is 1.74. The van der Waals surface area contributed by atoms with E-state index in [-0.39, 0.29) is 17.8 Å². The first-order valence-electron chi connectivity index (χ1n) is 5.70. The van der Waals surface area contributed by atoms with Gasteiger partial charge in [0.1, 0.15) is 5.82 Å². The van der Waals surface area contributed by atoms with Crippen molar-refractivity contribution in [2.75, 3.05) is 0 Å². The van der Waals surface area contributed by atoms with Crippen LogP contribution in [0.25, 0.3) is 0 Å². The van der Waals surface area contributed by atoms with Crippen molar-refractivity contribution < 1.29 is 4.79 Å². The van der Waals surface area contributed by atoms with Crippen molar-refractivity contribution in [1.29, 1.82) is 0 Å². The maximum atomic E-state index is 12.0. The zero-order valence-electron chi connectivity index (χ0n) is 10.4. The van der Waals surface area contributed by atoms with Gasteiger partial charge in [-0.1, -0.05) is 30.3 Å². The van der Waals surface area contributed by atoms with Crippen molar-refractivity contribution in [3.8, 4) is 0 Å². The summed E-state index contributed by atoms with van der Waals surface area (Å²) >= 11 is 0. The summed E-state index contributed by atoms with van der Waals surface area (Å²) in [5.74, 6) is 0.456. The molecule has 0 aliphatic heterocycles. The number of rotatable bonds is 3. The van der Waals surface area contributed by atoms with E-state index in [0.29, 0.717) is 17.1 Å². The second kappa shape index (κ2) is 4.96. The zero-order chi connectivity index (χ0) is 13.1. The minimum absolute atomic E-state index is 0.0382. The van der Waals surface area contributed by atoms with Gasteiger partial charge < -0.3 is 0 Å². The Morgan fingerprint density at radius 1 is 1.28 bits per heavy atom. The minimum Gasteiger partial charge on any atom is -0.299 e. The van der Waals surface area contributed by atoms with Crippen molar-refractivity contribution in [2.24, 2.45) is 7.05 Å². The number of carbonyl (C=O) groups excluding carboxylic acids is 1. The molecule has 0 fully saturated rings. The van der Waals surface area contributed by atoms with Crippen LogP contribution >= 0.6 is 0 Å². The molecule has 0 unspecified atom stereocenters. The van der Waals surface area contributed by atoms with E-state index in [1.807, 2.05) is 18.2 Å². The molecule has 1 aromatic heterocycles. The SMILES string of the molecule is Cc1cc(=O)n(C)c(CC(=O)c2ccccc2)n1. The Bertz CT molecular complexity index is 630. The maximum absolute atomic E-state index is 12.0. The summed E-state index contributed by atoms with van der Waals surface area (Å²) in [6, 6.07) is 10.5. The topological polar surface area (TPSA) is 52.0 Å². The molecule has 0 N–H and O–H groups in total. The van der Waals surface area contributed by atoms with Crippen molar-refractivity contribution in [3.05, 3.63) is 63.8 Å². The van der Waals surface area contributed by atoms with Gasteiger partial charge in [0.15, 0.2) is 5.78 Å². The average molecular weight is 242 g/mol. The third-order valence-corrected chi connectivity index (χ3v) is 2.77. The fraction of sp³-hybridized carbons (Fsp3) is 0.214. The van der Waals surface area contributed by atoms with Gasteiger partial charge >= 0.3 is 0 Å². The Kier molecular flexibility index (Phi) is 3.37. The highest BCUT2D eigenvalue weighted by Gasteiger charge is 2.11. The molecule has 0 saturated heterocycles. The number of aryl methyl sites for hydroxylation is 1. The van der Waals surface area contributed by atoms with Crippen LogP contribution in [0.15, 0.2) is 41.2 Å². The van der Waals surface area contributed by atoms with E-state index in [4.69, 9.17) is 0 Å². The first kappa shape index (κ1) is 12.2. The lowest BCUT2D eigenvalue weighted by molar-refractivity contribution is 0.0989. The molecule has 0 saturated carbocycles. The summed E-state index contributed by atoms with van der Waals surface area (Å²) in [6.45, 7) is 1.75. The van der Waals surface area contributed by atoms with Crippen LogP contribution in [0.4, 0.5) is 0 Å². The molecule has 0 amide bonds. The Morgan fingerprint density at radius 3 is 2.61 bits per heavy atom. The second-order valence-electron chi connectivity index (χ2n) is 4.18. The van der Waals surface area contributed by atoms with Crippen molar-refractivity contribution in [1.82, 2.24) is 9.55 Å². The third-order valence-electron chi connectivity index (χ3n) is 2.77. The number of aromatic nitrogens is 2. The van der Waals surface area contributed by atoms with Crippen LogP contribution in [0, 0.1) is 6.92 Å². The molecule has 4 heteroatoms. The average Bonchev–Trinajstić information content (AvgIpc) is 2.36. The van der Waals surface area contributed by atoms with E-state index in [2.05, 4.69) is 4.98 Å². The van der Waals surface area contributed by atoms with E-state index < -0.39 is 0 Å². The monoisotopic (exact) mass is 242 g/mol. The van der Waals surface area contributed by atoms with Gasteiger partial charge in [0.05, 0.1) is 6.42 Å². The zero-order valence-corrected chi connectivity index (χ0v) is 10.4. The van der Waals surface area contributed by atoms with Crippen LogP contribution in [0.1, 0.15) is 21.9 Å². The molecule has 4 nitrogen and oxygen atoms in total. The molecule has 1 aromatic carbocycles. The fourth-order valence-corrected chi connectivity index (χ4v) is 1.74. The molecular weight excluding hydrogens is 228 g/mol. The van der Waals surface area contributed by atoms with Gasteiger partial charge in [-0.05, 0) is 6.92 Å². The van der Waals surface area contributed by atoms with E-state index in [1.54, 1.807) is 26.1 Å². The molecule has 1 heterocycles. The third kappa shape index (κ3) is 2.53. The summed E-state index contributed by atoms with van der Waals surface area (Å²) in [7, 11) is 1.63. The second-order valence-corrected chi connectivity index (χ2v) is 4.18. The van der Waals surface area contributed by atoms with E-state index in [0.717, 1.165) is 0 Å². The molecular formula is C14H14N2O2. The first-order valence-corrected chi connectivity index (χ1v) is 5.70. The number of carbonyl (C=O) groups is 1. The highest BCUT2D eigenvalue weighted by molar-refractivity contribution is 5.97. The van der Waals surface area contributed by atoms with E-state index >= 15 is 0 Å². The van der Waals surface area contributed by atoms with Crippen molar-refractivity contribution in [2.45, 2.75) is 13.3 Å². The molecule has 0 aliphatic carbocycles. The predicted octanol–water partition coefficient (Wildman–Crippen LogP) is 1.51. The van der Waals surface area contributed by atoms with Crippen LogP contribution < -0.4 is 5.56 Å².